The van der Waals surface area contributed by atoms with Gasteiger partial charge in [0.05, 0.1) is 10.0 Å². The molecule has 0 fully saturated rings. The number of hydrogen-bond acceptors (Lipinski definition) is 1. The molecule has 2 atom stereocenters. The van der Waals surface area contributed by atoms with Crippen LogP contribution in [0.4, 0.5) is 0 Å². The fraction of sp³-hybridized carbons (Fsp3) is 0.250. The van der Waals surface area contributed by atoms with Crippen molar-refractivity contribution in [3.8, 4) is 11.5 Å². The molecule has 23 heavy (non-hydrogen) atoms. The molecular weight excluding hydrogens is 510 g/mol. The van der Waals surface area contributed by atoms with E-state index in [1.54, 1.807) is 24.3 Å². The highest BCUT2D eigenvalue weighted by Crippen LogP contribution is 2.45. The molecule has 1 nitrogen and oxygen atoms in total. The van der Waals surface area contributed by atoms with E-state index < -0.39 is 0 Å². The zero-order valence-electron chi connectivity index (χ0n) is 12.1. The van der Waals surface area contributed by atoms with Crippen LogP contribution < -0.4 is 4.74 Å². The summed E-state index contributed by atoms with van der Waals surface area (Å²) in [7, 11) is 0. The number of alkyl halides is 2. The van der Waals surface area contributed by atoms with E-state index in [1.807, 2.05) is 13.8 Å². The van der Waals surface area contributed by atoms with Gasteiger partial charge in [-0.1, -0.05) is 78.3 Å². The van der Waals surface area contributed by atoms with Crippen molar-refractivity contribution in [3.05, 3.63) is 55.5 Å². The SMILES string of the molecule is CC(Br)c1c(Cl)cc(Cl)cc1Oc1cc(Cl)cc(Cl)c1C(C)Br. The molecule has 2 unspecified atom stereocenters. The molecule has 0 saturated carbocycles. The molecule has 0 N–H and O–H groups in total. The highest BCUT2D eigenvalue weighted by atomic mass is 79.9. The maximum Gasteiger partial charge on any atom is 0.134 e. The first-order valence-electron chi connectivity index (χ1n) is 6.64. The first-order valence-corrected chi connectivity index (χ1v) is 9.99. The zero-order valence-corrected chi connectivity index (χ0v) is 18.3. The molecule has 0 saturated heterocycles. The van der Waals surface area contributed by atoms with Gasteiger partial charge in [0.2, 0.25) is 0 Å². The van der Waals surface area contributed by atoms with Crippen LogP contribution in [0, 0.1) is 0 Å². The predicted molar refractivity (Wildman–Crippen MR) is 108 cm³/mol. The summed E-state index contributed by atoms with van der Waals surface area (Å²) in [5, 5.41) is 2.03. The minimum Gasteiger partial charge on any atom is -0.456 e. The second-order valence-corrected chi connectivity index (χ2v) is 9.37. The van der Waals surface area contributed by atoms with E-state index in [0.29, 0.717) is 31.6 Å². The van der Waals surface area contributed by atoms with Crippen LogP contribution in [0.3, 0.4) is 0 Å². The molecule has 0 heterocycles. The van der Waals surface area contributed by atoms with E-state index in [0.717, 1.165) is 11.1 Å². The van der Waals surface area contributed by atoms with Crippen molar-refractivity contribution >= 4 is 78.3 Å². The quantitative estimate of drug-likeness (QED) is 0.365. The van der Waals surface area contributed by atoms with Gasteiger partial charge < -0.3 is 4.74 Å². The Balaban J connectivity index is 2.60. The standard InChI is InChI=1S/C16H12Br2Cl4O/c1-7(17)15-11(21)3-9(19)5-13(15)23-14-6-10(20)4-12(22)16(14)8(2)18/h3-8H,1-2H3. The van der Waals surface area contributed by atoms with Gasteiger partial charge in [-0.15, -0.1) is 0 Å². The molecule has 2 aromatic carbocycles. The molecule has 0 spiro atoms. The second-order valence-electron chi connectivity index (χ2n) is 4.93. The lowest BCUT2D eigenvalue weighted by Crippen LogP contribution is -1.98. The molecule has 0 aromatic heterocycles. The Morgan fingerprint density at radius 1 is 0.739 bits per heavy atom. The lowest BCUT2D eigenvalue weighted by Gasteiger charge is -2.19. The third-order valence-electron chi connectivity index (χ3n) is 3.13. The van der Waals surface area contributed by atoms with E-state index in [9.17, 15) is 0 Å². The van der Waals surface area contributed by atoms with Crippen molar-refractivity contribution in [2.75, 3.05) is 0 Å². The Kier molecular flexibility index (Phi) is 6.98. The fourth-order valence-electron chi connectivity index (χ4n) is 2.18. The van der Waals surface area contributed by atoms with Gasteiger partial charge in [-0.3, -0.25) is 0 Å². The molecule has 7 heteroatoms. The highest BCUT2D eigenvalue weighted by molar-refractivity contribution is 9.09. The van der Waals surface area contributed by atoms with Crippen molar-refractivity contribution < 1.29 is 4.74 Å². The number of rotatable bonds is 4. The van der Waals surface area contributed by atoms with Gasteiger partial charge in [0.1, 0.15) is 11.5 Å². The third kappa shape index (κ3) is 4.71. The summed E-state index contributed by atoms with van der Waals surface area (Å²) >= 11 is 31.9. The van der Waals surface area contributed by atoms with Gasteiger partial charge in [-0.2, -0.15) is 0 Å². The lowest BCUT2D eigenvalue weighted by atomic mass is 10.1. The van der Waals surface area contributed by atoms with Crippen molar-refractivity contribution in [1.82, 2.24) is 0 Å². The number of hydrogen-bond donors (Lipinski definition) is 0. The van der Waals surface area contributed by atoms with Crippen molar-refractivity contribution in [3.63, 3.8) is 0 Å². The number of benzene rings is 2. The summed E-state index contributed by atoms with van der Waals surface area (Å²) in [5.41, 5.74) is 1.61. The average Bonchev–Trinajstić information content (AvgIpc) is 2.35. The third-order valence-corrected chi connectivity index (χ3v) is 5.11. The molecule has 0 aliphatic carbocycles. The minimum absolute atomic E-state index is 0.0123. The van der Waals surface area contributed by atoms with E-state index in [2.05, 4.69) is 31.9 Å². The van der Waals surface area contributed by atoms with Crippen molar-refractivity contribution in [2.45, 2.75) is 23.5 Å². The van der Waals surface area contributed by atoms with Gasteiger partial charge in [0.15, 0.2) is 0 Å². The summed E-state index contributed by atoms with van der Waals surface area (Å²) in [6.07, 6.45) is 0. The Labute approximate surface area is 172 Å². The maximum absolute atomic E-state index is 6.30. The molecule has 0 bridgehead atoms. The van der Waals surface area contributed by atoms with Crippen molar-refractivity contribution in [2.24, 2.45) is 0 Å². The topological polar surface area (TPSA) is 9.23 Å². The van der Waals surface area contributed by atoms with Crippen LogP contribution in [0.25, 0.3) is 0 Å². The molecule has 0 aliphatic heterocycles. The lowest BCUT2D eigenvalue weighted by molar-refractivity contribution is 0.471. The predicted octanol–water partition coefficient (Wildman–Crippen LogP) is 9.00. The molecule has 2 rings (SSSR count). The van der Waals surface area contributed by atoms with Crippen molar-refractivity contribution in [1.29, 1.82) is 0 Å². The average molecular weight is 522 g/mol. The van der Waals surface area contributed by atoms with E-state index in [1.165, 1.54) is 0 Å². The van der Waals surface area contributed by atoms with Crippen LogP contribution in [-0.2, 0) is 0 Å². The van der Waals surface area contributed by atoms with Crippen LogP contribution in [-0.4, -0.2) is 0 Å². The van der Waals surface area contributed by atoms with Crippen LogP contribution in [0.15, 0.2) is 24.3 Å². The summed E-state index contributed by atoms with van der Waals surface area (Å²) in [4.78, 5) is -0.0245. The normalized spacial score (nSPS) is 13.7. The minimum atomic E-state index is -0.0123. The Hall–Kier alpha value is 0.360. The van der Waals surface area contributed by atoms with E-state index >= 15 is 0 Å². The molecule has 124 valence electrons. The van der Waals surface area contributed by atoms with Gasteiger partial charge >= 0.3 is 0 Å². The summed E-state index contributed by atoms with van der Waals surface area (Å²) in [5.74, 6) is 1.11. The monoisotopic (exact) mass is 518 g/mol. The molecular formula is C16H12Br2Cl4O. The fourth-order valence-corrected chi connectivity index (χ4v) is 4.67. The zero-order chi connectivity index (χ0) is 17.3. The van der Waals surface area contributed by atoms with E-state index in [4.69, 9.17) is 51.1 Å². The first kappa shape index (κ1) is 19.7. The van der Waals surface area contributed by atoms with Gasteiger partial charge in [0, 0.05) is 30.8 Å². The summed E-state index contributed by atoms with van der Waals surface area (Å²) in [6, 6.07) is 6.81. The van der Waals surface area contributed by atoms with Crippen LogP contribution >= 0.6 is 78.3 Å². The van der Waals surface area contributed by atoms with Gasteiger partial charge in [0.25, 0.3) is 0 Å². The Morgan fingerprint density at radius 2 is 1.09 bits per heavy atom. The Morgan fingerprint density at radius 3 is 1.39 bits per heavy atom. The molecule has 2 aromatic rings. The largest absolute Gasteiger partial charge is 0.456 e. The number of halogens is 6. The first-order chi connectivity index (χ1) is 10.7. The molecule has 0 amide bonds. The van der Waals surface area contributed by atoms with Crippen LogP contribution in [0.1, 0.15) is 34.6 Å². The van der Waals surface area contributed by atoms with Gasteiger partial charge in [-0.05, 0) is 38.1 Å². The van der Waals surface area contributed by atoms with Crippen LogP contribution in [0.2, 0.25) is 20.1 Å². The summed E-state index contributed by atoms with van der Waals surface area (Å²) in [6.45, 7) is 3.92. The number of ether oxygens (including phenoxy) is 1. The molecule has 0 aliphatic rings. The highest BCUT2D eigenvalue weighted by Gasteiger charge is 2.20. The second kappa shape index (κ2) is 8.16. The van der Waals surface area contributed by atoms with E-state index in [-0.39, 0.29) is 9.65 Å². The maximum atomic E-state index is 6.30. The van der Waals surface area contributed by atoms with Gasteiger partial charge in [-0.25, -0.2) is 0 Å². The Bertz CT molecular complexity index is 671. The van der Waals surface area contributed by atoms with Crippen LogP contribution in [0.5, 0.6) is 11.5 Å². The summed E-state index contributed by atoms with van der Waals surface area (Å²) < 4.78 is 6.09. The smallest absolute Gasteiger partial charge is 0.134 e. The molecule has 0 radical (unpaired) electrons.